The Balaban J connectivity index is 2.13. The second-order valence-electron chi connectivity index (χ2n) is 4.66. The van der Waals surface area contributed by atoms with Gasteiger partial charge < -0.3 is 0 Å². The summed E-state index contributed by atoms with van der Waals surface area (Å²) in [6, 6.07) is 16.4. The number of hydrogen-bond acceptors (Lipinski definition) is 4. The van der Waals surface area contributed by atoms with Gasteiger partial charge in [0.1, 0.15) is 6.33 Å². The fourth-order valence-corrected chi connectivity index (χ4v) is 2.74. The molecule has 0 saturated carbocycles. The zero-order valence-corrected chi connectivity index (χ0v) is 12.2. The van der Waals surface area contributed by atoms with Crippen LogP contribution >= 0.6 is 0 Å². The van der Waals surface area contributed by atoms with Gasteiger partial charge in [-0.2, -0.15) is 0 Å². The van der Waals surface area contributed by atoms with Gasteiger partial charge >= 0.3 is 0 Å². The zero-order chi connectivity index (χ0) is 14.9. The Hall–Kier alpha value is -2.47. The average Bonchev–Trinajstić information content (AvgIpc) is 2.97. The summed E-state index contributed by atoms with van der Waals surface area (Å²) in [6.07, 6.45) is 2.80. The van der Waals surface area contributed by atoms with Crippen LogP contribution in [0.5, 0.6) is 0 Å². The normalized spacial score (nSPS) is 11.5. The largest absolute Gasteiger partial charge is 0.282 e. The molecule has 0 bridgehead atoms. The highest BCUT2D eigenvalue weighted by Crippen LogP contribution is 2.23. The number of para-hydroxylation sites is 1. The maximum atomic E-state index is 11.7. The molecule has 0 atom stereocenters. The molecule has 5 nitrogen and oxygen atoms in total. The first-order valence-electron chi connectivity index (χ1n) is 6.31. The van der Waals surface area contributed by atoms with Crippen LogP contribution in [0.15, 0.2) is 65.8 Å². The van der Waals surface area contributed by atoms with E-state index in [1.165, 1.54) is 6.26 Å². The molecule has 6 heteroatoms. The van der Waals surface area contributed by atoms with Crippen LogP contribution < -0.4 is 0 Å². The molecule has 0 saturated heterocycles. The van der Waals surface area contributed by atoms with E-state index in [4.69, 9.17) is 0 Å². The summed E-state index contributed by atoms with van der Waals surface area (Å²) in [4.78, 5) is 0.266. The molecule has 3 aromatic rings. The molecule has 0 amide bonds. The minimum absolute atomic E-state index is 0.266. The van der Waals surface area contributed by atoms with Gasteiger partial charge in [0.25, 0.3) is 0 Å². The van der Waals surface area contributed by atoms with Gasteiger partial charge in [-0.15, -0.1) is 10.2 Å². The van der Waals surface area contributed by atoms with E-state index < -0.39 is 9.84 Å². The topological polar surface area (TPSA) is 64.8 Å². The van der Waals surface area contributed by atoms with Crippen LogP contribution in [0.1, 0.15) is 0 Å². The molecule has 0 spiro atoms. The van der Waals surface area contributed by atoms with Crippen molar-refractivity contribution < 1.29 is 8.42 Å². The number of hydrogen-bond donors (Lipinski definition) is 0. The van der Waals surface area contributed by atoms with Crippen molar-refractivity contribution in [2.75, 3.05) is 6.26 Å². The van der Waals surface area contributed by atoms with E-state index in [2.05, 4.69) is 10.2 Å². The van der Waals surface area contributed by atoms with E-state index in [0.717, 1.165) is 5.69 Å². The summed E-state index contributed by atoms with van der Waals surface area (Å²) in [5.74, 6) is 0.603. The van der Waals surface area contributed by atoms with Crippen LogP contribution in [0.3, 0.4) is 0 Å². The molecule has 1 heterocycles. The Bertz CT molecular complexity index is 871. The van der Waals surface area contributed by atoms with Gasteiger partial charge in [0.05, 0.1) is 4.90 Å². The van der Waals surface area contributed by atoms with E-state index in [9.17, 15) is 8.42 Å². The molecule has 1 aromatic heterocycles. The van der Waals surface area contributed by atoms with Crippen molar-refractivity contribution in [1.82, 2.24) is 14.8 Å². The van der Waals surface area contributed by atoms with Crippen molar-refractivity contribution >= 4 is 9.84 Å². The third-order valence-corrected chi connectivity index (χ3v) is 4.21. The van der Waals surface area contributed by atoms with Gasteiger partial charge in [-0.25, -0.2) is 8.42 Å². The standard InChI is InChI=1S/C15H13N3O2S/c1-21(19,20)14-9-5-6-12(10-14)15-17-16-11-18(15)13-7-3-2-4-8-13/h2-11H,1H3. The predicted molar refractivity (Wildman–Crippen MR) is 79.9 cm³/mol. The monoisotopic (exact) mass is 299 g/mol. The fourth-order valence-electron chi connectivity index (χ4n) is 2.08. The molecular weight excluding hydrogens is 286 g/mol. The minimum Gasteiger partial charge on any atom is -0.282 e. The summed E-state index contributed by atoms with van der Waals surface area (Å²) in [5, 5.41) is 8.03. The van der Waals surface area contributed by atoms with Crippen molar-refractivity contribution in [2.24, 2.45) is 0 Å². The fraction of sp³-hybridized carbons (Fsp3) is 0.0667. The Morgan fingerprint density at radius 1 is 1.00 bits per heavy atom. The van der Waals surface area contributed by atoms with E-state index >= 15 is 0 Å². The Labute approximate surface area is 122 Å². The maximum absolute atomic E-state index is 11.7. The van der Waals surface area contributed by atoms with Crippen LogP contribution in [0.2, 0.25) is 0 Å². The Morgan fingerprint density at radius 3 is 2.48 bits per heavy atom. The smallest absolute Gasteiger partial charge is 0.175 e. The van der Waals surface area contributed by atoms with Crippen LogP contribution in [-0.4, -0.2) is 29.4 Å². The SMILES string of the molecule is CS(=O)(=O)c1cccc(-c2nncn2-c2ccccc2)c1. The third kappa shape index (κ3) is 2.71. The highest BCUT2D eigenvalue weighted by molar-refractivity contribution is 7.90. The lowest BCUT2D eigenvalue weighted by atomic mass is 10.2. The third-order valence-electron chi connectivity index (χ3n) is 3.10. The molecule has 3 rings (SSSR count). The van der Waals surface area contributed by atoms with Gasteiger partial charge in [-0.05, 0) is 24.3 Å². The first-order valence-corrected chi connectivity index (χ1v) is 8.21. The van der Waals surface area contributed by atoms with Crippen LogP contribution in [-0.2, 0) is 9.84 Å². The Morgan fingerprint density at radius 2 is 1.76 bits per heavy atom. The van der Waals surface area contributed by atoms with Gasteiger partial charge in [-0.3, -0.25) is 4.57 Å². The van der Waals surface area contributed by atoms with Crippen molar-refractivity contribution in [3.05, 3.63) is 60.9 Å². The molecular formula is C15H13N3O2S. The molecule has 0 aliphatic carbocycles. The van der Waals surface area contributed by atoms with E-state index in [1.807, 2.05) is 41.0 Å². The summed E-state index contributed by atoms with van der Waals surface area (Å²) < 4.78 is 25.2. The number of sulfone groups is 1. The van der Waals surface area contributed by atoms with Crippen LogP contribution in [0, 0.1) is 0 Å². The van der Waals surface area contributed by atoms with Crippen LogP contribution in [0.4, 0.5) is 0 Å². The second-order valence-corrected chi connectivity index (χ2v) is 6.68. The summed E-state index contributed by atoms with van der Waals surface area (Å²) in [5.41, 5.74) is 1.63. The van der Waals surface area contributed by atoms with Crippen molar-refractivity contribution in [3.8, 4) is 17.1 Å². The maximum Gasteiger partial charge on any atom is 0.175 e. The number of rotatable bonds is 3. The summed E-state index contributed by atoms with van der Waals surface area (Å²) in [6.45, 7) is 0. The van der Waals surface area contributed by atoms with Gasteiger partial charge in [-0.1, -0.05) is 30.3 Å². The number of nitrogens with zero attached hydrogens (tertiary/aromatic N) is 3. The van der Waals surface area contributed by atoms with E-state index in [0.29, 0.717) is 11.4 Å². The van der Waals surface area contributed by atoms with E-state index in [-0.39, 0.29) is 4.90 Å². The Kier molecular flexibility index (Phi) is 3.31. The number of aromatic nitrogens is 3. The van der Waals surface area contributed by atoms with Gasteiger partial charge in [0, 0.05) is 17.5 Å². The van der Waals surface area contributed by atoms with Crippen molar-refractivity contribution in [3.63, 3.8) is 0 Å². The lowest BCUT2D eigenvalue weighted by Crippen LogP contribution is -1.99. The first kappa shape index (κ1) is 13.5. The van der Waals surface area contributed by atoms with Crippen molar-refractivity contribution in [1.29, 1.82) is 0 Å². The molecule has 2 aromatic carbocycles. The molecule has 0 aliphatic heterocycles. The molecule has 0 radical (unpaired) electrons. The molecule has 0 aliphatic rings. The van der Waals surface area contributed by atoms with Crippen LogP contribution in [0.25, 0.3) is 17.1 Å². The van der Waals surface area contributed by atoms with Crippen molar-refractivity contribution in [2.45, 2.75) is 4.90 Å². The van der Waals surface area contributed by atoms with Gasteiger partial charge in [0.2, 0.25) is 0 Å². The number of benzene rings is 2. The minimum atomic E-state index is -3.25. The highest BCUT2D eigenvalue weighted by Gasteiger charge is 2.12. The predicted octanol–water partition coefficient (Wildman–Crippen LogP) is 2.34. The molecule has 21 heavy (non-hydrogen) atoms. The molecule has 0 unspecified atom stereocenters. The van der Waals surface area contributed by atoms with E-state index in [1.54, 1.807) is 24.5 Å². The zero-order valence-electron chi connectivity index (χ0n) is 11.3. The highest BCUT2D eigenvalue weighted by atomic mass is 32.2. The summed E-state index contributed by atoms with van der Waals surface area (Å²) in [7, 11) is -3.25. The second kappa shape index (κ2) is 5.14. The molecule has 0 N–H and O–H groups in total. The quantitative estimate of drug-likeness (QED) is 0.744. The average molecular weight is 299 g/mol. The summed E-state index contributed by atoms with van der Waals surface area (Å²) >= 11 is 0. The molecule has 0 fully saturated rings. The molecule has 106 valence electrons. The lowest BCUT2D eigenvalue weighted by molar-refractivity contribution is 0.602. The lowest BCUT2D eigenvalue weighted by Gasteiger charge is -2.07. The van der Waals surface area contributed by atoms with Gasteiger partial charge in [0.15, 0.2) is 15.7 Å². The first-order chi connectivity index (χ1) is 10.1.